The van der Waals surface area contributed by atoms with Crippen molar-refractivity contribution < 1.29 is 4.74 Å². The quantitative estimate of drug-likeness (QED) is 0.751. The summed E-state index contributed by atoms with van der Waals surface area (Å²) in [6, 6.07) is 1.11. The largest absolute Gasteiger partial charge is 0.375 e. The van der Waals surface area contributed by atoms with Crippen molar-refractivity contribution in [3.05, 3.63) is 0 Å². The summed E-state index contributed by atoms with van der Waals surface area (Å²) in [5, 5.41) is 3.71. The van der Waals surface area contributed by atoms with Crippen LogP contribution >= 0.6 is 0 Å². The van der Waals surface area contributed by atoms with Gasteiger partial charge in [-0.2, -0.15) is 0 Å². The Balaban J connectivity index is 2.46. The second kappa shape index (κ2) is 5.72. The van der Waals surface area contributed by atoms with Crippen molar-refractivity contribution in [2.45, 2.75) is 65.1 Å². The molecule has 0 aliphatic carbocycles. The first-order chi connectivity index (χ1) is 6.69. The highest BCUT2D eigenvalue weighted by Gasteiger charge is 2.29. The van der Waals surface area contributed by atoms with E-state index in [1.165, 1.54) is 19.3 Å². The third-order valence-corrected chi connectivity index (χ3v) is 3.18. The molecule has 0 aromatic heterocycles. The summed E-state index contributed by atoms with van der Waals surface area (Å²) in [7, 11) is 0. The van der Waals surface area contributed by atoms with Gasteiger partial charge in [0.2, 0.25) is 0 Å². The fraction of sp³-hybridized carbons (Fsp3) is 1.00. The second-order valence-corrected chi connectivity index (χ2v) is 4.69. The van der Waals surface area contributed by atoms with Crippen LogP contribution in [0.3, 0.4) is 0 Å². The van der Waals surface area contributed by atoms with Gasteiger partial charge in [0.05, 0.1) is 12.7 Å². The van der Waals surface area contributed by atoms with Gasteiger partial charge in [-0.25, -0.2) is 0 Å². The molecule has 0 saturated carbocycles. The second-order valence-electron chi connectivity index (χ2n) is 4.69. The highest BCUT2D eigenvalue weighted by atomic mass is 16.5. The van der Waals surface area contributed by atoms with E-state index in [1.807, 2.05) is 0 Å². The van der Waals surface area contributed by atoms with Crippen LogP contribution in [0.1, 0.15) is 47.0 Å². The fourth-order valence-corrected chi connectivity index (χ4v) is 2.11. The van der Waals surface area contributed by atoms with E-state index >= 15 is 0 Å². The average Bonchev–Trinajstić information content (AvgIpc) is 2.18. The van der Waals surface area contributed by atoms with Crippen LogP contribution in [0.2, 0.25) is 0 Å². The van der Waals surface area contributed by atoms with E-state index in [1.54, 1.807) is 0 Å². The Hall–Kier alpha value is -0.0800. The lowest BCUT2D eigenvalue weighted by molar-refractivity contribution is -0.0416. The molecule has 3 atom stereocenters. The Morgan fingerprint density at radius 2 is 2.07 bits per heavy atom. The van der Waals surface area contributed by atoms with Gasteiger partial charge in [-0.1, -0.05) is 34.1 Å². The van der Waals surface area contributed by atoms with Crippen molar-refractivity contribution in [2.75, 3.05) is 6.61 Å². The minimum absolute atomic E-state index is 0.444. The normalized spacial score (nSPS) is 33.6. The topological polar surface area (TPSA) is 21.3 Å². The summed E-state index contributed by atoms with van der Waals surface area (Å²) in [5.41, 5.74) is 0. The van der Waals surface area contributed by atoms with E-state index in [0.717, 1.165) is 6.61 Å². The Kier molecular flexibility index (Phi) is 4.90. The lowest BCUT2D eigenvalue weighted by Crippen LogP contribution is -2.55. The fourth-order valence-electron chi connectivity index (χ4n) is 2.11. The smallest absolute Gasteiger partial charge is 0.0728 e. The minimum atomic E-state index is 0.444. The SMILES string of the molecule is CCCC1OCC(C(C)C)NC1CC. The van der Waals surface area contributed by atoms with Crippen LogP contribution in [0.25, 0.3) is 0 Å². The van der Waals surface area contributed by atoms with Crippen molar-refractivity contribution in [2.24, 2.45) is 5.92 Å². The monoisotopic (exact) mass is 199 g/mol. The Labute approximate surface area is 88.4 Å². The van der Waals surface area contributed by atoms with Gasteiger partial charge < -0.3 is 10.1 Å². The molecule has 3 unspecified atom stereocenters. The number of rotatable bonds is 4. The van der Waals surface area contributed by atoms with Gasteiger partial charge in [-0.05, 0) is 18.8 Å². The van der Waals surface area contributed by atoms with Crippen molar-refractivity contribution >= 4 is 0 Å². The number of nitrogens with one attached hydrogen (secondary N) is 1. The molecule has 0 aromatic rings. The number of hydrogen-bond donors (Lipinski definition) is 1. The molecular formula is C12H25NO. The number of hydrogen-bond acceptors (Lipinski definition) is 2. The van der Waals surface area contributed by atoms with Crippen LogP contribution in [0, 0.1) is 5.92 Å². The maximum Gasteiger partial charge on any atom is 0.0728 e. The predicted octanol–water partition coefficient (Wildman–Crippen LogP) is 2.58. The van der Waals surface area contributed by atoms with Crippen molar-refractivity contribution in [3.63, 3.8) is 0 Å². The molecular weight excluding hydrogens is 174 g/mol. The van der Waals surface area contributed by atoms with E-state index in [4.69, 9.17) is 4.74 Å². The van der Waals surface area contributed by atoms with Gasteiger partial charge in [0.25, 0.3) is 0 Å². The Morgan fingerprint density at radius 1 is 1.36 bits per heavy atom. The van der Waals surface area contributed by atoms with Crippen LogP contribution in [0.4, 0.5) is 0 Å². The van der Waals surface area contributed by atoms with Crippen LogP contribution in [0.5, 0.6) is 0 Å². The Bertz CT molecular complexity index is 158. The van der Waals surface area contributed by atoms with Crippen LogP contribution in [-0.2, 0) is 4.74 Å². The molecule has 2 heteroatoms. The van der Waals surface area contributed by atoms with E-state index in [9.17, 15) is 0 Å². The van der Waals surface area contributed by atoms with Crippen molar-refractivity contribution in [1.29, 1.82) is 0 Å². The standard InChI is InChI=1S/C12H25NO/c1-5-7-12-10(6-2)13-11(8-14-12)9(3)4/h9-13H,5-8H2,1-4H3. The van der Waals surface area contributed by atoms with E-state index in [0.29, 0.717) is 24.1 Å². The molecule has 1 aliphatic heterocycles. The summed E-state index contributed by atoms with van der Waals surface area (Å²) in [5.74, 6) is 0.673. The molecule has 84 valence electrons. The molecule has 1 fully saturated rings. The lowest BCUT2D eigenvalue weighted by Gasteiger charge is -2.39. The predicted molar refractivity (Wildman–Crippen MR) is 60.5 cm³/mol. The van der Waals surface area contributed by atoms with E-state index in [-0.39, 0.29) is 0 Å². The maximum atomic E-state index is 5.93. The molecule has 14 heavy (non-hydrogen) atoms. The molecule has 0 amide bonds. The summed E-state index contributed by atoms with van der Waals surface area (Å²) in [6.45, 7) is 9.87. The summed E-state index contributed by atoms with van der Waals surface area (Å²) >= 11 is 0. The van der Waals surface area contributed by atoms with Gasteiger partial charge in [-0.3, -0.25) is 0 Å². The van der Waals surface area contributed by atoms with Gasteiger partial charge in [0.15, 0.2) is 0 Å². The third-order valence-electron chi connectivity index (χ3n) is 3.18. The molecule has 0 aromatic carbocycles. The van der Waals surface area contributed by atoms with Crippen molar-refractivity contribution in [3.8, 4) is 0 Å². The zero-order chi connectivity index (χ0) is 10.6. The number of ether oxygens (including phenoxy) is 1. The molecule has 2 nitrogen and oxygen atoms in total. The van der Waals surface area contributed by atoms with Crippen LogP contribution in [-0.4, -0.2) is 24.8 Å². The summed E-state index contributed by atoms with van der Waals surface area (Å²) in [4.78, 5) is 0. The van der Waals surface area contributed by atoms with Gasteiger partial charge in [-0.15, -0.1) is 0 Å². The molecule has 1 rings (SSSR count). The maximum absolute atomic E-state index is 5.93. The highest BCUT2D eigenvalue weighted by molar-refractivity contribution is 4.86. The number of morpholine rings is 1. The molecule has 1 saturated heterocycles. The van der Waals surface area contributed by atoms with Crippen LogP contribution in [0.15, 0.2) is 0 Å². The van der Waals surface area contributed by atoms with Gasteiger partial charge in [0.1, 0.15) is 0 Å². The first-order valence-electron chi connectivity index (χ1n) is 6.06. The zero-order valence-electron chi connectivity index (χ0n) is 10.0. The van der Waals surface area contributed by atoms with Crippen LogP contribution < -0.4 is 5.32 Å². The zero-order valence-corrected chi connectivity index (χ0v) is 10.0. The first-order valence-corrected chi connectivity index (χ1v) is 6.06. The van der Waals surface area contributed by atoms with Gasteiger partial charge in [0, 0.05) is 12.1 Å². The summed E-state index contributed by atoms with van der Waals surface area (Å²) < 4.78 is 5.93. The highest BCUT2D eigenvalue weighted by Crippen LogP contribution is 2.19. The average molecular weight is 199 g/mol. The summed E-state index contributed by atoms with van der Waals surface area (Å²) in [6.07, 6.45) is 4.03. The first kappa shape index (κ1) is 12.0. The molecule has 1 aliphatic rings. The molecule has 1 N–H and O–H groups in total. The molecule has 0 bridgehead atoms. The van der Waals surface area contributed by atoms with E-state index < -0.39 is 0 Å². The molecule has 1 heterocycles. The van der Waals surface area contributed by atoms with E-state index in [2.05, 4.69) is 33.0 Å². The van der Waals surface area contributed by atoms with Crippen molar-refractivity contribution in [1.82, 2.24) is 5.32 Å². The van der Waals surface area contributed by atoms with Gasteiger partial charge >= 0.3 is 0 Å². The lowest BCUT2D eigenvalue weighted by atomic mass is 9.96. The minimum Gasteiger partial charge on any atom is -0.375 e. The molecule has 0 radical (unpaired) electrons. The Morgan fingerprint density at radius 3 is 2.57 bits per heavy atom. The molecule has 0 spiro atoms. The third kappa shape index (κ3) is 2.96.